The molecule has 0 aromatic heterocycles. The van der Waals surface area contributed by atoms with E-state index < -0.39 is 4.92 Å². The van der Waals surface area contributed by atoms with E-state index in [0.29, 0.717) is 22.1 Å². The zero-order valence-corrected chi connectivity index (χ0v) is 12.1. The minimum Gasteiger partial charge on any atom is -0.455 e. The van der Waals surface area contributed by atoms with Gasteiger partial charge < -0.3 is 4.74 Å². The summed E-state index contributed by atoms with van der Waals surface area (Å²) in [5, 5.41) is 11.2. The van der Waals surface area contributed by atoms with Crippen LogP contribution in [-0.4, -0.2) is 4.92 Å². The van der Waals surface area contributed by atoms with Gasteiger partial charge >= 0.3 is 0 Å². The van der Waals surface area contributed by atoms with E-state index in [1.54, 1.807) is 12.1 Å². The molecule has 0 aliphatic heterocycles. The molecule has 0 radical (unpaired) electrons. The van der Waals surface area contributed by atoms with Crippen molar-refractivity contribution in [2.24, 2.45) is 0 Å². The average Bonchev–Trinajstić information content (AvgIpc) is 2.43. The molecule has 0 unspecified atom stereocenters. The van der Waals surface area contributed by atoms with Gasteiger partial charge in [0.15, 0.2) is 0 Å². The summed E-state index contributed by atoms with van der Waals surface area (Å²) < 4.78 is 5.71. The number of nitrogens with zero attached hydrogens (tertiary/aromatic N) is 1. The number of nitro benzene ring substituents is 1. The van der Waals surface area contributed by atoms with Gasteiger partial charge in [-0.25, -0.2) is 0 Å². The van der Waals surface area contributed by atoms with Gasteiger partial charge in [-0.05, 0) is 30.7 Å². The monoisotopic (exact) mass is 311 g/mol. The SMILES string of the molecule is Cc1ccc(Cl)c(Oc2ccc([N+](=O)[O-])cc2CCl)c1. The maximum Gasteiger partial charge on any atom is 0.270 e. The fourth-order valence-electron chi connectivity index (χ4n) is 1.69. The lowest BCUT2D eigenvalue weighted by molar-refractivity contribution is -0.384. The Hall–Kier alpha value is -1.78. The third-order valence-corrected chi connectivity index (χ3v) is 3.31. The Balaban J connectivity index is 2.38. The Labute approximate surface area is 126 Å². The molecule has 0 saturated heterocycles. The van der Waals surface area contributed by atoms with Gasteiger partial charge in [0.25, 0.3) is 5.69 Å². The van der Waals surface area contributed by atoms with Crippen LogP contribution in [0.25, 0.3) is 0 Å². The molecule has 2 aromatic rings. The maximum absolute atomic E-state index is 10.7. The van der Waals surface area contributed by atoms with Gasteiger partial charge in [-0.2, -0.15) is 0 Å². The normalized spacial score (nSPS) is 10.3. The molecule has 0 atom stereocenters. The molecule has 2 aromatic carbocycles. The first-order valence-electron chi connectivity index (χ1n) is 5.78. The van der Waals surface area contributed by atoms with Crippen molar-refractivity contribution < 1.29 is 9.66 Å². The molecule has 2 rings (SSSR count). The number of benzene rings is 2. The number of hydrogen-bond acceptors (Lipinski definition) is 3. The first-order valence-corrected chi connectivity index (χ1v) is 6.70. The third kappa shape index (κ3) is 3.21. The quantitative estimate of drug-likeness (QED) is 0.449. The van der Waals surface area contributed by atoms with Crippen LogP contribution < -0.4 is 4.74 Å². The van der Waals surface area contributed by atoms with Gasteiger partial charge in [0.2, 0.25) is 0 Å². The van der Waals surface area contributed by atoms with Crippen LogP contribution >= 0.6 is 23.2 Å². The molecule has 0 N–H and O–H groups in total. The van der Waals surface area contributed by atoms with E-state index in [9.17, 15) is 10.1 Å². The predicted molar refractivity (Wildman–Crippen MR) is 78.9 cm³/mol. The summed E-state index contributed by atoms with van der Waals surface area (Å²) in [7, 11) is 0. The van der Waals surface area contributed by atoms with Crippen LogP contribution in [0.5, 0.6) is 11.5 Å². The van der Waals surface area contributed by atoms with Crippen LogP contribution in [0.2, 0.25) is 5.02 Å². The van der Waals surface area contributed by atoms with Crippen molar-refractivity contribution in [2.45, 2.75) is 12.8 Å². The summed E-state index contributed by atoms with van der Waals surface area (Å²) >= 11 is 11.9. The lowest BCUT2D eigenvalue weighted by Gasteiger charge is -2.11. The highest BCUT2D eigenvalue weighted by Crippen LogP contribution is 2.34. The highest BCUT2D eigenvalue weighted by atomic mass is 35.5. The van der Waals surface area contributed by atoms with E-state index in [2.05, 4.69) is 0 Å². The van der Waals surface area contributed by atoms with E-state index in [1.807, 2.05) is 13.0 Å². The van der Waals surface area contributed by atoms with Crippen molar-refractivity contribution in [1.29, 1.82) is 0 Å². The standard InChI is InChI=1S/C14H11Cl2NO3/c1-9-2-4-12(16)14(6-9)20-13-5-3-11(17(18)19)7-10(13)8-15/h2-7H,8H2,1H3. The topological polar surface area (TPSA) is 52.4 Å². The predicted octanol–water partition coefficient (Wildman–Crippen LogP) is 5.09. The van der Waals surface area contributed by atoms with Crippen LogP contribution in [-0.2, 0) is 5.88 Å². The van der Waals surface area contributed by atoms with Crippen molar-refractivity contribution >= 4 is 28.9 Å². The zero-order chi connectivity index (χ0) is 14.7. The fourth-order valence-corrected chi connectivity index (χ4v) is 2.06. The largest absolute Gasteiger partial charge is 0.455 e. The number of rotatable bonds is 4. The molecular weight excluding hydrogens is 301 g/mol. The van der Waals surface area contributed by atoms with Crippen LogP contribution in [0, 0.1) is 17.0 Å². The Kier molecular flexibility index (Phi) is 4.47. The van der Waals surface area contributed by atoms with Gasteiger partial charge in [-0.3, -0.25) is 10.1 Å². The summed E-state index contributed by atoms with van der Waals surface area (Å²) in [6.45, 7) is 1.92. The first-order chi connectivity index (χ1) is 9.51. The van der Waals surface area contributed by atoms with Crippen molar-refractivity contribution in [2.75, 3.05) is 0 Å². The highest BCUT2D eigenvalue weighted by molar-refractivity contribution is 6.32. The molecule has 0 aliphatic rings. The molecule has 6 heteroatoms. The third-order valence-electron chi connectivity index (χ3n) is 2.71. The lowest BCUT2D eigenvalue weighted by Crippen LogP contribution is -1.94. The minimum atomic E-state index is -0.473. The molecule has 0 saturated carbocycles. The number of aryl methyl sites for hydroxylation is 1. The van der Waals surface area contributed by atoms with Gasteiger partial charge in [0, 0.05) is 17.7 Å². The second kappa shape index (κ2) is 6.11. The average molecular weight is 312 g/mol. The molecule has 0 bridgehead atoms. The molecule has 4 nitrogen and oxygen atoms in total. The summed E-state index contributed by atoms with van der Waals surface area (Å²) in [5.74, 6) is 1.06. The van der Waals surface area contributed by atoms with E-state index in [0.717, 1.165) is 5.56 Å². The van der Waals surface area contributed by atoms with Gasteiger partial charge in [0.05, 0.1) is 15.8 Å². The maximum atomic E-state index is 10.7. The Bertz CT molecular complexity index is 659. The van der Waals surface area contributed by atoms with E-state index in [1.165, 1.54) is 18.2 Å². The van der Waals surface area contributed by atoms with Gasteiger partial charge in [-0.1, -0.05) is 17.7 Å². The number of alkyl halides is 1. The second-order valence-corrected chi connectivity index (χ2v) is 4.89. The van der Waals surface area contributed by atoms with Gasteiger partial charge in [-0.15, -0.1) is 11.6 Å². The van der Waals surface area contributed by atoms with Crippen molar-refractivity contribution in [3.05, 3.63) is 62.7 Å². The number of halogens is 2. The molecular formula is C14H11Cl2NO3. The van der Waals surface area contributed by atoms with Crippen LogP contribution in [0.1, 0.15) is 11.1 Å². The number of ether oxygens (including phenoxy) is 1. The van der Waals surface area contributed by atoms with Gasteiger partial charge in [0.1, 0.15) is 11.5 Å². The molecule has 0 heterocycles. The first kappa shape index (κ1) is 14.6. The summed E-state index contributed by atoms with van der Waals surface area (Å²) in [6, 6.07) is 9.68. The fraction of sp³-hybridized carbons (Fsp3) is 0.143. The van der Waals surface area contributed by atoms with Crippen molar-refractivity contribution in [3.63, 3.8) is 0 Å². The smallest absolute Gasteiger partial charge is 0.270 e. The Morgan fingerprint density at radius 2 is 1.95 bits per heavy atom. The van der Waals surface area contributed by atoms with Crippen LogP contribution in [0.4, 0.5) is 5.69 Å². The number of nitro groups is 1. The number of non-ortho nitro benzene ring substituents is 1. The molecule has 0 amide bonds. The lowest BCUT2D eigenvalue weighted by atomic mass is 10.2. The summed E-state index contributed by atoms with van der Waals surface area (Å²) in [4.78, 5) is 10.3. The van der Waals surface area contributed by atoms with E-state index in [4.69, 9.17) is 27.9 Å². The second-order valence-electron chi connectivity index (χ2n) is 4.22. The van der Waals surface area contributed by atoms with Crippen LogP contribution in [0.15, 0.2) is 36.4 Å². The minimum absolute atomic E-state index is 0.0247. The summed E-state index contributed by atoms with van der Waals surface area (Å²) in [5.41, 5.74) is 1.51. The Morgan fingerprint density at radius 3 is 2.60 bits per heavy atom. The van der Waals surface area contributed by atoms with E-state index in [-0.39, 0.29) is 11.6 Å². The highest BCUT2D eigenvalue weighted by Gasteiger charge is 2.13. The zero-order valence-electron chi connectivity index (χ0n) is 10.6. The molecule has 104 valence electrons. The molecule has 20 heavy (non-hydrogen) atoms. The Morgan fingerprint density at radius 1 is 1.20 bits per heavy atom. The summed E-state index contributed by atoms with van der Waals surface area (Å²) in [6.07, 6.45) is 0. The molecule has 0 aliphatic carbocycles. The van der Waals surface area contributed by atoms with Crippen LogP contribution in [0.3, 0.4) is 0 Å². The molecule has 0 spiro atoms. The van der Waals surface area contributed by atoms with E-state index >= 15 is 0 Å². The van der Waals surface area contributed by atoms with Crippen molar-refractivity contribution in [1.82, 2.24) is 0 Å². The molecule has 0 fully saturated rings. The van der Waals surface area contributed by atoms with Crippen molar-refractivity contribution in [3.8, 4) is 11.5 Å². The number of hydrogen-bond donors (Lipinski definition) is 0.